The van der Waals surface area contributed by atoms with Crippen LogP contribution in [0.1, 0.15) is 18.9 Å². The van der Waals surface area contributed by atoms with Crippen molar-refractivity contribution in [3.05, 3.63) is 34.9 Å². The summed E-state index contributed by atoms with van der Waals surface area (Å²) in [6, 6.07) is 7.55. The minimum absolute atomic E-state index is 0.0567. The standard InChI is InChI=1S/C11H15ClN2O/c1-8(6-11(13)14)15-7-9-4-2-3-5-10(9)12/h2-5,8H,6-7H2,1H3,(H3,13,14). The fourth-order valence-corrected chi connectivity index (χ4v) is 1.41. The molecular weight excluding hydrogens is 212 g/mol. The highest BCUT2D eigenvalue weighted by Crippen LogP contribution is 2.16. The molecular formula is C11H15ClN2O. The summed E-state index contributed by atoms with van der Waals surface area (Å²) in [6.45, 7) is 2.34. The molecule has 1 rings (SSSR count). The average molecular weight is 227 g/mol. The molecule has 1 atom stereocenters. The van der Waals surface area contributed by atoms with E-state index in [9.17, 15) is 0 Å². The van der Waals surface area contributed by atoms with Crippen LogP contribution in [0, 0.1) is 5.41 Å². The lowest BCUT2D eigenvalue weighted by molar-refractivity contribution is 0.0578. The highest BCUT2D eigenvalue weighted by molar-refractivity contribution is 6.31. The molecule has 0 radical (unpaired) electrons. The molecule has 1 aromatic carbocycles. The van der Waals surface area contributed by atoms with Gasteiger partial charge in [-0.05, 0) is 18.6 Å². The molecule has 0 aliphatic carbocycles. The van der Waals surface area contributed by atoms with E-state index in [2.05, 4.69) is 0 Å². The number of hydrogen-bond acceptors (Lipinski definition) is 2. The van der Waals surface area contributed by atoms with Crippen LogP contribution in [0.2, 0.25) is 5.02 Å². The molecule has 0 aromatic heterocycles. The van der Waals surface area contributed by atoms with Gasteiger partial charge in [0.05, 0.1) is 18.5 Å². The van der Waals surface area contributed by atoms with Crippen molar-refractivity contribution in [2.45, 2.75) is 26.1 Å². The van der Waals surface area contributed by atoms with Gasteiger partial charge in [0.2, 0.25) is 0 Å². The van der Waals surface area contributed by atoms with Gasteiger partial charge >= 0.3 is 0 Å². The topological polar surface area (TPSA) is 59.1 Å². The van der Waals surface area contributed by atoms with E-state index < -0.39 is 0 Å². The molecule has 0 saturated heterocycles. The van der Waals surface area contributed by atoms with Gasteiger partial charge in [0.25, 0.3) is 0 Å². The number of ether oxygens (including phenoxy) is 1. The minimum atomic E-state index is -0.0567. The van der Waals surface area contributed by atoms with Gasteiger partial charge in [-0.25, -0.2) is 0 Å². The summed E-state index contributed by atoms with van der Waals surface area (Å²) in [4.78, 5) is 0. The predicted molar refractivity (Wildman–Crippen MR) is 62.2 cm³/mol. The maximum Gasteiger partial charge on any atom is 0.0931 e. The number of amidine groups is 1. The fourth-order valence-electron chi connectivity index (χ4n) is 1.22. The average Bonchev–Trinajstić information content (AvgIpc) is 2.15. The lowest BCUT2D eigenvalue weighted by Gasteiger charge is -2.12. The molecule has 1 unspecified atom stereocenters. The Morgan fingerprint density at radius 2 is 2.20 bits per heavy atom. The Kier molecular flexibility index (Phi) is 4.59. The van der Waals surface area contributed by atoms with Crippen LogP contribution in [0.15, 0.2) is 24.3 Å². The monoisotopic (exact) mass is 226 g/mol. The second-order valence-electron chi connectivity index (χ2n) is 3.44. The first-order chi connectivity index (χ1) is 7.09. The Labute approximate surface area is 94.7 Å². The molecule has 1 aromatic rings. The van der Waals surface area contributed by atoms with Gasteiger partial charge in [-0.15, -0.1) is 0 Å². The van der Waals surface area contributed by atoms with Gasteiger partial charge in [0.15, 0.2) is 0 Å². The smallest absolute Gasteiger partial charge is 0.0931 e. The zero-order chi connectivity index (χ0) is 11.3. The van der Waals surface area contributed by atoms with E-state index in [-0.39, 0.29) is 11.9 Å². The minimum Gasteiger partial charge on any atom is -0.388 e. The Hall–Kier alpha value is -1.06. The second kappa shape index (κ2) is 5.73. The Balaban J connectivity index is 2.43. The summed E-state index contributed by atoms with van der Waals surface area (Å²) < 4.78 is 5.51. The van der Waals surface area contributed by atoms with Crippen LogP contribution < -0.4 is 5.73 Å². The lowest BCUT2D eigenvalue weighted by atomic mass is 10.2. The molecule has 15 heavy (non-hydrogen) atoms. The first-order valence-corrected chi connectivity index (χ1v) is 5.15. The van der Waals surface area contributed by atoms with Crippen molar-refractivity contribution in [2.75, 3.05) is 0 Å². The van der Waals surface area contributed by atoms with E-state index in [1.54, 1.807) is 0 Å². The van der Waals surface area contributed by atoms with Crippen LogP contribution in [-0.4, -0.2) is 11.9 Å². The molecule has 0 aliphatic rings. The molecule has 0 saturated carbocycles. The third-order valence-electron chi connectivity index (χ3n) is 1.99. The SMILES string of the molecule is CC(CC(=N)N)OCc1ccccc1Cl. The van der Waals surface area contributed by atoms with Crippen molar-refractivity contribution in [2.24, 2.45) is 5.73 Å². The van der Waals surface area contributed by atoms with Gasteiger partial charge in [0.1, 0.15) is 0 Å². The maximum atomic E-state index is 7.12. The third-order valence-corrected chi connectivity index (χ3v) is 2.36. The molecule has 0 heterocycles. The van der Waals surface area contributed by atoms with Crippen molar-refractivity contribution in [3.8, 4) is 0 Å². The van der Waals surface area contributed by atoms with Gasteiger partial charge in [0, 0.05) is 11.4 Å². The van der Waals surface area contributed by atoms with Crippen molar-refractivity contribution >= 4 is 17.4 Å². The van der Waals surface area contributed by atoms with Gasteiger partial charge in [-0.1, -0.05) is 29.8 Å². The summed E-state index contributed by atoms with van der Waals surface area (Å²) in [5, 5.41) is 7.82. The van der Waals surface area contributed by atoms with Crippen LogP contribution in [0.5, 0.6) is 0 Å². The van der Waals surface area contributed by atoms with E-state index >= 15 is 0 Å². The molecule has 82 valence electrons. The molecule has 3 N–H and O–H groups in total. The molecule has 0 fully saturated rings. The highest BCUT2D eigenvalue weighted by atomic mass is 35.5. The first-order valence-electron chi connectivity index (χ1n) is 4.77. The van der Waals surface area contributed by atoms with Crippen LogP contribution in [0.25, 0.3) is 0 Å². The van der Waals surface area contributed by atoms with Crippen molar-refractivity contribution in [1.82, 2.24) is 0 Å². The summed E-state index contributed by atoms with van der Waals surface area (Å²) >= 11 is 5.97. The second-order valence-corrected chi connectivity index (χ2v) is 3.85. The maximum absolute atomic E-state index is 7.12. The Bertz CT molecular complexity index is 341. The van der Waals surface area contributed by atoms with Crippen LogP contribution in [-0.2, 0) is 11.3 Å². The lowest BCUT2D eigenvalue weighted by Crippen LogP contribution is -2.19. The molecule has 0 spiro atoms. The Morgan fingerprint density at radius 3 is 2.80 bits per heavy atom. The van der Waals surface area contributed by atoms with E-state index in [1.807, 2.05) is 31.2 Å². The van der Waals surface area contributed by atoms with E-state index in [1.165, 1.54) is 0 Å². The van der Waals surface area contributed by atoms with Gasteiger partial charge in [-0.3, -0.25) is 5.41 Å². The Morgan fingerprint density at radius 1 is 1.53 bits per heavy atom. The quantitative estimate of drug-likeness (QED) is 0.599. The van der Waals surface area contributed by atoms with Crippen LogP contribution in [0.3, 0.4) is 0 Å². The first kappa shape index (κ1) is 12.0. The zero-order valence-corrected chi connectivity index (χ0v) is 9.42. The van der Waals surface area contributed by atoms with Crippen LogP contribution in [0.4, 0.5) is 0 Å². The number of nitrogens with two attached hydrogens (primary N) is 1. The molecule has 4 heteroatoms. The number of nitrogens with one attached hydrogen (secondary N) is 1. The zero-order valence-electron chi connectivity index (χ0n) is 8.66. The third kappa shape index (κ3) is 4.32. The summed E-state index contributed by atoms with van der Waals surface area (Å²) in [5.41, 5.74) is 6.22. The molecule has 0 bridgehead atoms. The number of rotatable bonds is 5. The van der Waals surface area contributed by atoms with E-state index in [4.69, 9.17) is 27.5 Å². The summed E-state index contributed by atoms with van der Waals surface area (Å²) in [6.07, 6.45) is 0.392. The summed E-state index contributed by atoms with van der Waals surface area (Å²) in [5.74, 6) is 0.140. The van der Waals surface area contributed by atoms with Crippen molar-refractivity contribution in [1.29, 1.82) is 5.41 Å². The molecule has 0 amide bonds. The van der Waals surface area contributed by atoms with Gasteiger partial charge in [-0.2, -0.15) is 0 Å². The van der Waals surface area contributed by atoms with E-state index in [0.29, 0.717) is 18.1 Å². The van der Waals surface area contributed by atoms with Crippen molar-refractivity contribution in [3.63, 3.8) is 0 Å². The highest BCUT2D eigenvalue weighted by Gasteiger charge is 2.05. The number of halogens is 1. The largest absolute Gasteiger partial charge is 0.388 e. The number of hydrogen-bond donors (Lipinski definition) is 2. The molecule has 3 nitrogen and oxygen atoms in total. The van der Waals surface area contributed by atoms with Gasteiger partial charge < -0.3 is 10.5 Å². The number of benzene rings is 1. The normalized spacial score (nSPS) is 12.4. The summed E-state index contributed by atoms with van der Waals surface area (Å²) in [7, 11) is 0. The van der Waals surface area contributed by atoms with Crippen molar-refractivity contribution < 1.29 is 4.74 Å². The predicted octanol–water partition coefficient (Wildman–Crippen LogP) is 2.57. The molecule has 0 aliphatic heterocycles. The van der Waals surface area contributed by atoms with E-state index in [0.717, 1.165) is 5.56 Å². The fraction of sp³-hybridized carbons (Fsp3) is 0.364. The van der Waals surface area contributed by atoms with Crippen LogP contribution >= 0.6 is 11.6 Å².